The Bertz CT molecular complexity index is 344. The molecule has 0 amide bonds. The molecule has 0 bridgehead atoms. The number of benzene rings is 1. The Morgan fingerprint density at radius 3 is 2.44 bits per heavy atom. The molecule has 86 valence electrons. The van der Waals surface area contributed by atoms with Crippen LogP contribution in [0.3, 0.4) is 0 Å². The topological polar surface area (TPSA) is 29.3 Å². The van der Waals surface area contributed by atoms with Crippen molar-refractivity contribution in [3.8, 4) is 0 Å². The molecule has 0 saturated carbocycles. The molecule has 1 fully saturated rings. The molecule has 1 aromatic rings. The van der Waals surface area contributed by atoms with Gasteiger partial charge in [-0.25, -0.2) is 0 Å². The van der Waals surface area contributed by atoms with Crippen molar-refractivity contribution in [2.45, 2.75) is 25.3 Å². The number of likely N-dealkylation sites (tertiary alicyclic amines) is 1. The molecular formula is C13H18N2S. The van der Waals surface area contributed by atoms with Gasteiger partial charge in [0.2, 0.25) is 0 Å². The van der Waals surface area contributed by atoms with E-state index in [1.54, 1.807) is 0 Å². The monoisotopic (exact) mass is 234 g/mol. The molecule has 0 aliphatic carbocycles. The van der Waals surface area contributed by atoms with Crippen LogP contribution in [0.4, 0.5) is 0 Å². The molecule has 1 aliphatic rings. The van der Waals surface area contributed by atoms with Gasteiger partial charge in [-0.2, -0.15) is 0 Å². The van der Waals surface area contributed by atoms with E-state index in [4.69, 9.17) is 18.0 Å². The molecule has 3 heteroatoms. The third-order valence-corrected chi connectivity index (χ3v) is 3.33. The van der Waals surface area contributed by atoms with Gasteiger partial charge in [0.25, 0.3) is 0 Å². The van der Waals surface area contributed by atoms with Gasteiger partial charge in [-0.05, 0) is 31.5 Å². The fourth-order valence-electron chi connectivity index (χ4n) is 2.38. The Morgan fingerprint density at radius 2 is 1.88 bits per heavy atom. The Kier molecular flexibility index (Phi) is 3.91. The number of rotatable bonds is 4. The van der Waals surface area contributed by atoms with Crippen molar-refractivity contribution in [1.82, 2.24) is 4.90 Å². The summed E-state index contributed by atoms with van der Waals surface area (Å²) in [6.45, 7) is 2.34. The minimum Gasteiger partial charge on any atom is -0.393 e. The maximum atomic E-state index is 5.70. The predicted octanol–water partition coefficient (Wildman–Crippen LogP) is 2.50. The molecule has 0 radical (unpaired) electrons. The summed E-state index contributed by atoms with van der Waals surface area (Å²) in [6, 6.07) is 10.9. The summed E-state index contributed by atoms with van der Waals surface area (Å²) < 4.78 is 0. The van der Waals surface area contributed by atoms with Gasteiger partial charge in [0.1, 0.15) is 0 Å². The van der Waals surface area contributed by atoms with Crippen molar-refractivity contribution in [3.05, 3.63) is 35.9 Å². The first-order valence-corrected chi connectivity index (χ1v) is 6.25. The zero-order valence-electron chi connectivity index (χ0n) is 9.43. The first-order valence-electron chi connectivity index (χ1n) is 5.84. The van der Waals surface area contributed by atoms with Crippen LogP contribution >= 0.6 is 12.2 Å². The van der Waals surface area contributed by atoms with Crippen molar-refractivity contribution in [1.29, 1.82) is 0 Å². The summed E-state index contributed by atoms with van der Waals surface area (Å²) in [5.41, 5.74) is 7.03. The van der Waals surface area contributed by atoms with E-state index >= 15 is 0 Å². The number of nitrogens with two attached hydrogens (primary N) is 1. The van der Waals surface area contributed by atoms with Crippen LogP contribution in [0.1, 0.15) is 30.9 Å². The lowest BCUT2D eigenvalue weighted by Crippen LogP contribution is -2.29. The van der Waals surface area contributed by atoms with Crippen molar-refractivity contribution in [2.24, 2.45) is 5.73 Å². The summed E-state index contributed by atoms with van der Waals surface area (Å²) >= 11 is 5.06. The zero-order valence-corrected chi connectivity index (χ0v) is 10.2. The van der Waals surface area contributed by atoms with Crippen molar-refractivity contribution in [2.75, 3.05) is 13.1 Å². The summed E-state index contributed by atoms with van der Waals surface area (Å²) in [4.78, 5) is 3.11. The molecule has 0 spiro atoms. The van der Waals surface area contributed by atoms with Crippen LogP contribution in [-0.4, -0.2) is 23.0 Å². The van der Waals surface area contributed by atoms with Crippen LogP contribution in [0.25, 0.3) is 0 Å². The number of hydrogen-bond acceptors (Lipinski definition) is 2. The van der Waals surface area contributed by atoms with Gasteiger partial charge >= 0.3 is 0 Å². The predicted molar refractivity (Wildman–Crippen MR) is 71.4 cm³/mol. The zero-order chi connectivity index (χ0) is 11.4. The standard InChI is InChI=1S/C13H18N2S/c14-13(16)10-12(15-8-4-5-9-15)11-6-2-1-3-7-11/h1-3,6-7,12H,4-5,8-10H2,(H2,14,16). The highest BCUT2D eigenvalue weighted by Crippen LogP contribution is 2.27. The molecule has 1 saturated heterocycles. The minimum atomic E-state index is 0.376. The van der Waals surface area contributed by atoms with E-state index in [2.05, 4.69) is 29.2 Å². The molecule has 16 heavy (non-hydrogen) atoms. The normalized spacial score (nSPS) is 18.5. The van der Waals surface area contributed by atoms with E-state index in [0.717, 1.165) is 6.42 Å². The van der Waals surface area contributed by atoms with Gasteiger partial charge in [0.15, 0.2) is 0 Å². The lowest BCUT2D eigenvalue weighted by atomic mass is 10.0. The number of hydrogen-bond donors (Lipinski definition) is 1. The smallest absolute Gasteiger partial charge is 0.0746 e. The van der Waals surface area contributed by atoms with Crippen molar-refractivity contribution in [3.63, 3.8) is 0 Å². The molecule has 1 aromatic carbocycles. The lowest BCUT2D eigenvalue weighted by molar-refractivity contribution is 0.252. The molecule has 1 aliphatic heterocycles. The van der Waals surface area contributed by atoms with Crippen LogP contribution < -0.4 is 5.73 Å². The highest BCUT2D eigenvalue weighted by Gasteiger charge is 2.23. The Balaban J connectivity index is 2.16. The molecule has 2 rings (SSSR count). The highest BCUT2D eigenvalue weighted by atomic mass is 32.1. The van der Waals surface area contributed by atoms with Gasteiger partial charge in [-0.1, -0.05) is 42.5 Å². The van der Waals surface area contributed by atoms with Gasteiger partial charge in [-0.15, -0.1) is 0 Å². The van der Waals surface area contributed by atoms with Crippen LogP contribution in [0, 0.1) is 0 Å². The van der Waals surface area contributed by atoms with E-state index in [1.165, 1.54) is 31.5 Å². The molecule has 2 nitrogen and oxygen atoms in total. The highest BCUT2D eigenvalue weighted by molar-refractivity contribution is 7.80. The summed E-state index contributed by atoms with van der Waals surface area (Å²) in [6.07, 6.45) is 3.38. The van der Waals surface area contributed by atoms with Gasteiger partial charge in [-0.3, -0.25) is 4.90 Å². The van der Waals surface area contributed by atoms with Gasteiger partial charge in [0, 0.05) is 12.5 Å². The average molecular weight is 234 g/mol. The number of thiocarbonyl (C=S) groups is 1. The second-order valence-electron chi connectivity index (χ2n) is 4.34. The summed E-state index contributed by atoms with van der Waals surface area (Å²) in [7, 11) is 0. The minimum absolute atomic E-state index is 0.376. The Hall–Kier alpha value is -0.930. The van der Waals surface area contributed by atoms with Gasteiger partial charge < -0.3 is 5.73 Å². The Labute approximate surface area is 102 Å². The third kappa shape index (κ3) is 2.80. The molecule has 1 atom stereocenters. The first-order chi connectivity index (χ1) is 7.77. The fraction of sp³-hybridized carbons (Fsp3) is 0.462. The lowest BCUT2D eigenvalue weighted by Gasteiger charge is -2.27. The molecule has 1 unspecified atom stereocenters. The average Bonchev–Trinajstić information content (AvgIpc) is 2.80. The van der Waals surface area contributed by atoms with Gasteiger partial charge in [0.05, 0.1) is 4.99 Å². The van der Waals surface area contributed by atoms with E-state index < -0.39 is 0 Å². The van der Waals surface area contributed by atoms with E-state index in [9.17, 15) is 0 Å². The molecule has 0 aromatic heterocycles. The fourth-order valence-corrected chi connectivity index (χ4v) is 2.53. The molecule has 1 heterocycles. The quantitative estimate of drug-likeness (QED) is 0.812. The van der Waals surface area contributed by atoms with E-state index in [-0.39, 0.29) is 0 Å². The molecular weight excluding hydrogens is 216 g/mol. The maximum absolute atomic E-state index is 5.70. The second-order valence-corrected chi connectivity index (χ2v) is 4.86. The largest absolute Gasteiger partial charge is 0.393 e. The third-order valence-electron chi connectivity index (χ3n) is 3.16. The van der Waals surface area contributed by atoms with E-state index in [0.29, 0.717) is 11.0 Å². The Morgan fingerprint density at radius 1 is 1.25 bits per heavy atom. The SMILES string of the molecule is NC(=S)CC(c1ccccc1)N1CCCC1. The van der Waals surface area contributed by atoms with Crippen LogP contribution in [0.5, 0.6) is 0 Å². The van der Waals surface area contributed by atoms with Crippen LogP contribution in [-0.2, 0) is 0 Å². The van der Waals surface area contributed by atoms with Crippen molar-refractivity contribution < 1.29 is 0 Å². The maximum Gasteiger partial charge on any atom is 0.0746 e. The summed E-state index contributed by atoms with van der Waals surface area (Å²) in [5.74, 6) is 0. The van der Waals surface area contributed by atoms with Crippen LogP contribution in [0.2, 0.25) is 0 Å². The second kappa shape index (κ2) is 5.41. The van der Waals surface area contributed by atoms with E-state index in [1.807, 2.05) is 6.07 Å². The number of nitrogens with zero attached hydrogens (tertiary/aromatic N) is 1. The van der Waals surface area contributed by atoms with Crippen molar-refractivity contribution >= 4 is 17.2 Å². The van der Waals surface area contributed by atoms with Crippen LogP contribution in [0.15, 0.2) is 30.3 Å². The summed E-state index contributed by atoms with van der Waals surface area (Å²) in [5, 5.41) is 0. The molecule has 2 N–H and O–H groups in total. The first kappa shape index (κ1) is 11.6.